The van der Waals surface area contributed by atoms with Crippen LogP contribution in [0.25, 0.3) is 10.8 Å². The van der Waals surface area contributed by atoms with Gasteiger partial charge in [0.2, 0.25) is 5.91 Å². The molecule has 1 heterocycles. The highest BCUT2D eigenvalue weighted by Crippen LogP contribution is 2.30. The Kier molecular flexibility index (Phi) is 6.47. The normalized spacial score (nSPS) is 14.8. The van der Waals surface area contributed by atoms with Crippen LogP contribution in [-0.2, 0) is 9.59 Å². The molecule has 0 radical (unpaired) electrons. The third-order valence-corrected chi connectivity index (χ3v) is 5.85. The molecule has 0 saturated carbocycles. The summed E-state index contributed by atoms with van der Waals surface area (Å²) in [4.78, 5) is 38.4. The maximum Gasteiger partial charge on any atom is 0.313 e. The number of anilines is 1. The van der Waals surface area contributed by atoms with E-state index in [4.69, 9.17) is 5.73 Å². The van der Waals surface area contributed by atoms with E-state index in [0.717, 1.165) is 42.3 Å². The van der Waals surface area contributed by atoms with E-state index in [1.807, 2.05) is 18.2 Å². The van der Waals surface area contributed by atoms with Crippen LogP contribution in [0.15, 0.2) is 66.7 Å². The maximum absolute atomic E-state index is 12.5. The van der Waals surface area contributed by atoms with Gasteiger partial charge in [0.15, 0.2) is 0 Å². The van der Waals surface area contributed by atoms with Gasteiger partial charge in [0, 0.05) is 17.8 Å². The van der Waals surface area contributed by atoms with E-state index in [2.05, 4.69) is 39.8 Å². The summed E-state index contributed by atoms with van der Waals surface area (Å²) in [5.41, 5.74) is 7.11. The van der Waals surface area contributed by atoms with Crippen molar-refractivity contribution in [2.75, 3.05) is 25.0 Å². The molecule has 0 spiro atoms. The Bertz CT molecular complexity index is 1130. The fourth-order valence-corrected chi connectivity index (χ4v) is 4.21. The Labute approximate surface area is 186 Å². The second-order valence-corrected chi connectivity index (χ2v) is 7.93. The molecule has 0 bridgehead atoms. The van der Waals surface area contributed by atoms with Gasteiger partial charge in [-0.3, -0.25) is 19.3 Å². The molecule has 1 fully saturated rings. The largest absolute Gasteiger partial charge is 0.366 e. The number of nitrogens with zero attached hydrogens (tertiary/aromatic N) is 1. The van der Waals surface area contributed by atoms with E-state index in [9.17, 15) is 14.4 Å². The summed E-state index contributed by atoms with van der Waals surface area (Å²) in [6.07, 6.45) is 2.24. The molecule has 1 aliphatic heterocycles. The zero-order valence-corrected chi connectivity index (χ0v) is 17.7. The van der Waals surface area contributed by atoms with Crippen LogP contribution in [0, 0.1) is 0 Å². The average Bonchev–Trinajstić information content (AvgIpc) is 3.34. The third-order valence-electron chi connectivity index (χ3n) is 5.85. The molecule has 1 saturated heterocycles. The zero-order valence-electron chi connectivity index (χ0n) is 17.7. The number of amides is 3. The van der Waals surface area contributed by atoms with Gasteiger partial charge in [-0.2, -0.15) is 0 Å². The predicted octanol–water partition coefficient (Wildman–Crippen LogP) is 2.83. The summed E-state index contributed by atoms with van der Waals surface area (Å²) < 4.78 is 0. The summed E-state index contributed by atoms with van der Waals surface area (Å²) in [5.74, 6) is -2.01. The Hall–Kier alpha value is -3.71. The molecule has 0 aromatic heterocycles. The minimum Gasteiger partial charge on any atom is -0.366 e. The predicted molar refractivity (Wildman–Crippen MR) is 124 cm³/mol. The molecule has 3 aromatic carbocycles. The van der Waals surface area contributed by atoms with E-state index >= 15 is 0 Å². The van der Waals surface area contributed by atoms with E-state index in [1.165, 1.54) is 24.3 Å². The third kappa shape index (κ3) is 4.78. The molecule has 7 heteroatoms. The second-order valence-electron chi connectivity index (χ2n) is 7.93. The van der Waals surface area contributed by atoms with Gasteiger partial charge in [-0.25, -0.2) is 0 Å². The SMILES string of the molecule is NC(=O)c1ccc(NC(=O)C(=O)NC[C@H](c2cccc3ccccc23)N2CCCC2)cc1. The molecule has 164 valence electrons. The van der Waals surface area contributed by atoms with Crippen LogP contribution in [0.1, 0.15) is 34.8 Å². The lowest BCUT2D eigenvalue weighted by Gasteiger charge is -2.29. The Balaban J connectivity index is 1.46. The van der Waals surface area contributed by atoms with Crippen molar-refractivity contribution in [1.82, 2.24) is 10.2 Å². The highest BCUT2D eigenvalue weighted by atomic mass is 16.2. The standard InChI is InChI=1S/C25H26N4O3/c26-23(30)18-10-12-19(13-11-18)28-25(32)24(31)27-16-22(29-14-3-4-15-29)21-9-5-7-17-6-1-2-8-20(17)21/h1-2,5-13,22H,3-4,14-16H2,(H2,26,30)(H,27,31)(H,28,32)/t22-/m1/s1. The summed E-state index contributed by atoms with van der Waals surface area (Å²) in [6, 6.07) is 20.5. The molecule has 1 atom stereocenters. The van der Waals surface area contributed by atoms with E-state index in [0.29, 0.717) is 17.8 Å². The first-order chi connectivity index (χ1) is 15.5. The Morgan fingerprint density at radius 3 is 2.28 bits per heavy atom. The number of carbonyl (C=O) groups is 3. The van der Waals surface area contributed by atoms with E-state index in [-0.39, 0.29) is 6.04 Å². The van der Waals surface area contributed by atoms with Crippen molar-refractivity contribution in [2.45, 2.75) is 18.9 Å². The van der Waals surface area contributed by atoms with Crippen LogP contribution in [-0.4, -0.2) is 42.3 Å². The maximum atomic E-state index is 12.5. The number of nitrogens with one attached hydrogen (secondary N) is 2. The topological polar surface area (TPSA) is 105 Å². The summed E-state index contributed by atoms with van der Waals surface area (Å²) in [6.45, 7) is 2.26. The smallest absolute Gasteiger partial charge is 0.313 e. The van der Waals surface area contributed by atoms with Crippen LogP contribution in [0.2, 0.25) is 0 Å². The lowest BCUT2D eigenvalue weighted by molar-refractivity contribution is -0.136. The van der Waals surface area contributed by atoms with Gasteiger partial charge < -0.3 is 16.4 Å². The van der Waals surface area contributed by atoms with Crippen LogP contribution >= 0.6 is 0 Å². The first-order valence-electron chi connectivity index (χ1n) is 10.7. The highest BCUT2D eigenvalue weighted by molar-refractivity contribution is 6.39. The number of fused-ring (bicyclic) bond motifs is 1. The summed E-state index contributed by atoms with van der Waals surface area (Å²) in [5, 5.41) is 7.66. The van der Waals surface area contributed by atoms with Gasteiger partial charge in [-0.05, 0) is 66.5 Å². The number of likely N-dealkylation sites (tertiary alicyclic amines) is 1. The van der Waals surface area contributed by atoms with Crippen molar-refractivity contribution in [1.29, 1.82) is 0 Å². The molecule has 32 heavy (non-hydrogen) atoms. The molecule has 0 unspecified atom stereocenters. The van der Waals surface area contributed by atoms with Crippen molar-refractivity contribution in [3.8, 4) is 0 Å². The number of rotatable bonds is 6. The molecule has 3 aromatic rings. The van der Waals surface area contributed by atoms with E-state index < -0.39 is 17.7 Å². The van der Waals surface area contributed by atoms with E-state index in [1.54, 1.807) is 0 Å². The van der Waals surface area contributed by atoms with Gasteiger partial charge in [-0.1, -0.05) is 42.5 Å². The fraction of sp³-hybridized carbons (Fsp3) is 0.240. The summed E-state index contributed by atoms with van der Waals surface area (Å²) >= 11 is 0. The average molecular weight is 431 g/mol. The lowest BCUT2D eigenvalue weighted by atomic mass is 9.97. The van der Waals surface area contributed by atoms with Crippen molar-refractivity contribution in [2.24, 2.45) is 5.73 Å². The van der Waals surface area contributed by atoms with Crippen LogP contribution in [0.3, 0.4) is 0 Å². The first-order valence-corrected chi connectivity index (χ1v) is 10.7. The first kappa shape index (κ1) is 21.5. The number of hydrogen-bond donors (Lipinski definition) is 3. The van der Waals surface area contributed by atoms with Crippen LogP contribution < -0.4 is 16.4 Å². The van der Waals surface area contributed by atoms with Gasteiger partial charge in [0.05, 0.1) is 6.04 Å². The number of benzene rings is 3. The number of carbonyl (C=O) groups excluding carboxylic acids is 3. The zero-order chi connectivity index (χ0) is 22.5. The fourth-order valence-electron chi connectivity index (χ4n) is 4.21. The molecule has 7 nitrogen and oxygen atoms in total. The van der Waals surface area contributed by atoms with Crippen molar-refractivity contribution in [3.63, 3.8) is 0 Å². The minimum absolute atomic E-state index is 0.0183. The monoisotopic (exact) mass is 430 g/mol. The molecular weight excluding hydrogens is 404 g/mol. The number of primary amides is 1. The molecule has 3 amide bonds. The van der Waals surface area contributed by atoms with Crippen molar-refractivity contribution < 1.29 is 14.4 Å². The van der Waals surface area contributed by atoms with Crippen LogP contribution in [0.5, 0.6) is 0 Å². The number of hydrogen-bond acceptors (Lipinski definition) is 4. The Morgan fingerprint density at radius 1 is 0.875 bits per heavy atom. The van der Waals surface area contributed by atoms with Gasteiger partial charge in [0.25, 0.3) is 0 Å². The quantitative estimate of drug-likeness (QED) is 0.523. The van der Waals surface area contributed by atoms with Gasteiger partial charge >= 0.3 is 11.8 Å². The lowest BCUT2D eigenvalue weighted by Crippen LogP contribution is -2.41. The minimum atomic E-state index is -0.755. The highest BCUT2D eigenvalue weighted by Gasteiger charge is 2.26. The summed E-state index contributed by atoms with van der Waals surface area (Å²) in [7, 11) is 0. The van der Waals surface area contributed by atoms with Gasteiger partial charge in [-0.15, -0.1) is 0 Å². The second kappa shape index (κ2) is 9.62. The van der Waals surface area contributed by atoms with Crippen molar-refractivity contribution >= 4 is 34.2 Å². The molecule has 4 N–H and O–H groups in total. The Morgan fingerprint density at radius 2 is 1.56 bits per heavy atom. The van der Waals surface area contributed by atoms with Gasteiger partial charge in [0.1, 0.15) is 0 Å². The molecule has 4 rings (SSSR count). The molecule has 0 aliphatic carbocycles. The molecular formula is C25H26N4O3. The van der Waals surface area contributed by atoms with Crippen LogP contribution in [0.4, 0.5) is 5.69 Å². The van der Waals surface area contributed by atoms with Crippen molar-refractivity contribution in [3.05, 3.63) is 77.9 Å². The molecule has 1 aliphatic rings. The number of nitrogens with two attached hydrogens (primary N) is 1.